The van der Waals surface area contributed by atoms with Crippen molar-refractivity contribution in [3.8, 4) is 0 Å². The van der Waals surface area contributed by atoms with Gasteiger partial charge in [0, 0.05) is 12.8 Å². The van der Waals surface area contributed by atoms with Crippen molar-refractivity contribution < 1.29 is 24.5 Å². The smallest absolute Gasteiger partial charge is 0.305 e. The predicted molar refractivity (Wildman–Crippen MR) is 315 cm³/mol. The number of ether oxygens (including phenoxy) is 1. The normalized spacial score (nSPS) is 12.4. The Bertz CT molecular complexity index is 1040. The van der Waals surface area contributed by atoms with Gasteiger partial charge >= 0.3 is 5.97 Å². The second-order valence-corrected chi connectivity index (χ2v) is 23.2. The van der Waals surface area contributed by atoms with Gasteiger partial charge in [-0.05, 0) is 25.7 Å². The molecule has 0 rings (SSSR count). The molecule has 1 amide bonds. The highest BCUT2D eigenvalue weighted by molar-refractivity contribution is 5.76. The molecule has 0 fully saturated rings. The molecule has 6 nitrogen and oxygen atoms in total. The van der Waals surface area contributed by atoms with E-state index in [-0.39, 0.29) is 18.5 Å². The summed E-state index contributed by atoms with van der Waals surface area (Å²) in [6, 6.07) is -0.537. The first kappa shape index (κ1) is 70.9. The molecule has 0 aromatic rings. The quantitative estimate of drug-likeness (QED) is 0.0417. The highest BCUT2D eigenvalue weighted by Gasteiger charge is 2.20. The second kappa shape index (κ2) is 62.4. The van der Waals surface area contributed by atoms with Gasteiger partial charge in [-0.2, -0.15) is 0 Å². The topological polar surface area (TPSA) is 95.9 Å². The highest BCUT2D eigenvalue weighted by Crippen LogP contribution is 2.19. The Labute approximate surface area is 451 Å². The van der Waals surface area contributed by atoms with Crippen LogP contribution in [0.15, 0.2) is 0 Å². The summed E-state index contributed by atoms with van der Waals surface area (Å²) in [7, 11) is 0. The second-order valence-electron chi connectivity index (χ2n) is 23.2. The van der Waals surface area contributed by atoms with Crippen LogP contribution in [0.4, 0.5) is 0 Å². The molecule has 0 saturated carbocycles. The SMILES string of the molecule is CCCCCCCCCCCCCCCCC(O)C(CO)NC(=O)CCCCCCCCCCCCCCCCCCCCCCCCCCCCCCOC(=O)CCCCCCCCCCCCCCC. The van der Waals surface area contributed by atoms with E-state index in [1.165, 1.54) is 315 Å². The standard InChI is InChI=1S/C66H131NO5/c1-3-5-7-9-11-13-15-17-35-38-42-46-50-54-58-64(69)63(62-68)67-65(70)59-55-51-47-43-39-36-32-30-28-26-24-22-20-18-19-21-23-25-27-29-31-33-37-41-45-49-53-57-61-72-66(71)60-56-52-48-44-40-34-16-14-12-10-8-6-4-2/h63-64,68-69H,3-62H2,1-2H3,(H,67,70). The number of hydrogen-bond donors (Lipinski definition) is 3. The molecule has 0 radical (unpaired) electrons. The number of amides is 1. The first-order valence-electron chi connectivity index (χ1n) is 33.3. The fraction of sp³-hybridized carbons (Fsp3) is 0.970. The van der Waals surface area contributed by atoms with Gasteiger partial charge in [0.15, 0.2) is 0 Å². The van der Waals surface area contributed by atoms with Crippen molar-refractivity contribution in [1.29, 1.82) is 0 Å². The largest absolute Gasteiger partial charge is 0.466 e. The molecule has 2 atom stereocenters. The average molecular weight is 1020 g/mol. The maximum atomic E-state index is 12.5. The molecule has 3 N–H and O–H groups in total. The van der Waals surface area contributed by atoms with Crippen LogP contribution in [0.25, 0.3) is 0 Å². The number of carbonyl (C=O) groups excluding carboxylic acids is 2. The molecular formula is C66H131NO5. The van der Waals surface area contributed by atoms with Gasteiger partial charge in [-0.3, -0.25) is 9.59 Å². The van der Waals surface area contributed by atoms with Gasteiger partial charge in [0.1, 0.15) is 0 Å². The molecule has 0 saturated heterocycles. The van der Waals surface area contributed by atoms with E-state index in [1.807, 2.05) is 0 Å². The maximum Gasteiger partial charge on any atom is 0.305 e. The van der Waals surface area contributed by atoms with Gasteiger partial charge < -0.3 is 20.3 Å². The number of rotatable bonds is 63. The van der Waals surface area contributed by atoms with E-state index >= 15 is 0 Å². The van der Waals surface area contributed by atoms with Crippen molar-refractivity contribution in [3.05, 3.63) is 0 Å². The van der Waals surface area contributed by atoms with E-state index in [9.17, 15) is 19.8 Å². The van der Waals surface area contributed by atoms with Crippen molar-refractivity contribution in [3.63, 3.8) is 0 Å². The maximum absolute atomic E-state index is 12.5. The van der Waals surface area contributed by atoms with Crippen LogP contribution < -0.4 is 5.32 Å². The van der Waals surface area contributed by atoms with Gasteiger partial charge in [0.05, 0.1) is 25.4 Å². The average Bonchev–Trinajstić information content (AvgIpc) is 3.38. The van der Waals surface area contributed by atoms with Crippen LogP contribution in [0.2, 0.25) is 0 Å². The fourth-order valence-corrected chi connectivity index (χ4v) is 10.8. The molecule has 72 heavy (non-hydrogen) atoms. The fourth-order valence-electron chi connectivity index (χ4n) is 10.8. The Hall–Kier alpha value is -1.14. The summed E-state index contributed by atoms with van der Waals surface area (Å²) in [4.78, 5) is 24.5. The van der Waals surface area contributed by atoms with Gasteiger partial charge in [0.2, 0.25) is 5.91 Å². The van der Waals surface area contributed by atoms with Crippen LogP contribution in [-0.2, 0) is 14.3 Å². The lowest BCUT2D eigenvalue weighted by Crippen LogP contribution is -2.45. The third kappa shape index (κ3) is 58.1. The first-order chi connectivity index (χ1) is 35.5. The molecule has 0 aromatic heterocycles. The summed E-state index contributed by atoms with van der Waals surface area (Å²) in [5.41, 5.74) is 0. The lowest BCUT2D eigenvalue weighted by molar-refractivity contribution is -0.143. The van der Waals surface area contributed by atoms with Gasteiger partial charge in [-0.15, -0.1) is 0 Å². The van der Waals surface area contributed by atoms with Crippen molar-refractivity contribution in [2.75, 3.05) is 13.2 Å². The summed E-state index contributed by atoms with van der Waals surface area (Å²) in [6.07, 6.45) is 74.2. The van der Waals surface area contributed by atoms with Crippen molar-refractivity contribution in [2.45, 2.75) is 398 Å². The number of hydrogen-bond acceptors (Lipinski definition) is 5. The van der Waals surface area contributed by atoms with Crippen LogP contribution in [0, 0.1) is 0 Å². The molecule has 0 aliphatic heterocycles. The Morgan fingerprint density at radius 1 is 0.333 bits per heavy atom. The van der Waals surface area contributed by atoms with E-state index in [2.05, 4.69) is 19.2 Å². The van der Waals surface area contributed by atoms with Gasteiger partial charge in [-0.1, -0.05) is 348 Å². The molecule has 0 aromatic carbocycles. The van der Waals surface area contributed by atoms with Crippen molar-refractivity contribution in [1.82, 2.24) is 5.32 Å². The minimum absolute atomic E-state index is 0.0213. The first-order valence-corrected chi connectivity index (χ1v) is 33.3. The molecular weight excluding hydrogens is 887 g/mol. The van der Waals surface area contributed by atoms with Crippen LogP contribution in [0.5, 0.6) is 0 Å². The predicted octanol–water partition coefficient (Wildman–Crippen LogP) is 21.0. The van der Waals surface area contributed by atoms with Crippen molar-refractivity contribution >= 4 is 11.9 Å². The lowest BCUT2D eigenvalue weighted by atomic mass is 10.0. The summed E-state index contributed by atoms with van der Waals surface area (Å²) < 4.78 is 5.49. The lowest BCUT2D eigenvalue weighted by Gasteiger charge is -2.22. The van der Waals surface area contributed by atoms with E-state index in [0.717, 1.165) is 38.5 Å². The third-order valence-electron chi connectivity index (χ3n) is 15.9. The number of aliphatic hydroxyl groups is 2. The van der Waals surface area contributed by atoms with Crippen LogP contribution >= 0.6 is 0 Å². The monoisotopic (exact) mass is 1020 g/mol. The summed E-state index contributed by atoms with van der Waals surface area (Å²) >= 11 is 0. The molecule has 0 aliphatic carbocycles. The highest BCUT2D eigenvalue weighted by atomic mass is 16.5. The number of nitrogens with one attached hydrogen (secondary N) is 1. The minimum Gasteiger partial charge on any atom is -0.466 e. The van der Waals surface area contributed by atoms with E-state index in [1.54, 1.807) is 0 Å². The summed E-state index contributed by atoms with van der Waals surface area (Å²) in [5.74, 6) is -0.00742. The number of unbranched alkanes of at least 4 members (excludes halogenated alkanes) is 52. The molecule has 0 spiro atoms. The number of aliphatic hydroxyl groups excluding tert-OH is 2. The Morgan fingerprint density at radius 3 is 0.847 bits per heavy atom. The van der Waals surface area contributed by atoms with Crippen molar-refractivity contribution in [2.24, 2.45) is 0 Å². The molecule has 430 valence electrons. The molecule has 0 bridgehead atoms. The van der Waals surface area contributed by atoms with Crippen LogP contribution in [0.1, 0.15) is 386 Å². The summed E-state index contributed by atoms with van der Waals surface area (Å²) in [6.45, 7) is 4.99. The zero-order valence-electron chi connectivity index (χ0n) is 49.2. The number of esters is 1. The Balaban J connectivity index is 3.32. The minimum atomic E-state index is -0.660. The zero-order valence-corrected chi connectivity index (χ0v) is 49.2. The Kier molecular flexibility index (Phi) is 61.4. The van der Waals surface area contributed by atoms with Crippen LogP contribution in [0.3, 0.4) is 0 Å². The third-order valence-corrected chi connectivity index (χ3v) is 15.9. The molecule has 0 aliphatic rings. The van der Waals surface area contributed by atoms with Gasteiger partial charge in [0.25, 0.3) is 0 Å². The van der Waals surface area contributed by atoms with E-state index in [4.69, 9.17) is 4.74 Å². The molecule has 0 heterocycles. The number of carbonyl (C=O) groups is 2. The zero-order chi connectivity index (χ0) is 52.2. The van der Waals surface area contributed by atoms with Crippen LogP contribution in [-0.4, -0.2) is 47.4 Å². The molecule has 2 unspecified atom stereocenters. The summed E-state index contributed by atoms with van der Waals surface area (Å²) in [5, 5.41) is 23.3. The van der Waals surface area contributed by atoms with E-state index in [0.29, 0.717) is 25.9 Å². The Morgan fingerprint density at radius 2 is 0.569 bits per heavy atom. The molecule has 6 heteroatoms. The van der Waals surface area contributed by atoms with E-state index < -0.39 is 12.1 Å². The van der Waals surface area contributed by atoms with Gasteiger partial charge in [-0.25, -0.2) is 0 Å².